The smallest absolute Gasteiger partial charge is 0.335 e. The molecule has 0 heterocycles. The van der Waals surface area contributed by atoms with E-state index in [9.17, 15) is 22.8 Å². The molecular formula is C6H5F3O4. The number of rotatable bonds is 4. The summed E-state index contributed by atoms with van der Waals surface area (Å²) in [6, 6.07) is 0. The maximum absolute atomic E-state index is 12.3. The number of hydrogen-bond donors (Lipinski definition) is 2. The Labute approximate surface area is 70.3 Å². The molecule has 2 N–H and O–H groups in total. The first-order valence-electron chi connectivity index (χ1n) is 2.96. The normalized spacial score (nSPS) is 14.3. The van der Waals surface area contributed by atoms with Crippen molar-refractivity contribution in [2.75, 3.05) is 0 Å². The zero-order chi connectivity index (χ0) is 10.6. The van der Waals surface area contributed by atoms with Gasteiger partial charge in [-0.25, -0.2) is 22.8 Å². The Bertz CT molecular complexity index is 248. The van der Waals surface area contributed by atoms with E-state index in [1.165, 1.54) is 0 Å². The number of carboxylic acid groups (broad SMARTS) is 2. The first-order valence-corrected chi connectivity index (χ1v) is 2.96. The van der Waals surface area contributed by atoms with Crippen LogP contribution in [0.2, 0.25) is 0 Å². The molecule has 13 heavy (non-hydrogen) atoms. The lowest BCUT2D eigenvalue weighted by atomic mass is 10.1. The Morgan fingerprint density at radius 2 is 1.62 bits per heavy atom. The van der Waals surface area contributed by atoms with Crippen LogP contribution in [-0.4, -0.2) is 34.7 Å². The second-order valence-electron chi connectivity index (χ2n) is 1.98. The van der Waals surface area contributed by atoms with Crippen LogP contribution >= 0.6 is 0 Å². The molecule has 0 saturated carbocycles. The second-order valence-corrected chi connectivity index (χ2v) is 1.98. The van der Waals surface area contributed by atoms with Crippen molar-refractivity contribution in [3.63, 3.8) is 0 Å². The van der Waals surface area contributed by atoms with Crippen molar-refractivity contribution < 1.29 is 33.0 Å². The molecule has 0 aromatic rings. The standard InChI is InChI=1S/C6H5F3O4/c7-4(5(8)9)2(6(12)13)1-3(10)11/h1,4-5H,(H,10,11)(H,12,13)/b2-1-. The number of carbonyl (C=O) groups is 2. The third-order valence-corrected chi connectivity index (χ3v) is 1.04. The van der Waals surface area contributed by atoms with E-state index in [0.29, 0.717) is 0 Å². The van der Waals surface area contributed by atoms with Crippen molar-refractivity contribution >= 4 is 11.9 Å². The molecular weight excluding hydrogens is 193 g/mol. The van der Waals surface area contributed by atoms with Gasteiger partial charge in [-0.1, -0.05) is 0 Å². The quantitative estimate of drug-likeness (QED) is 0.651. The molecule has 0 aliphatic rings. The topological polar surface area (TPSA) is 74.6 Å². The van der Waals surface area contributed by atoms with E-state index in [0.717, 1.165) is 0 Å². The van der Waals surface area contributed by atoms with Crippen molar-refractivity contribution in [2.45, 2.75) is 12.6 Å². The first-order chi connectivity index (χ1) is 5.86. The highest BCUT2D eigenvalue weighted by Gasteiger charge is 2.29. The molecule has 0 fully saturated rings. The fraction of sp³-hybridized carbons (Fsp3) is 0.333. The lowest BCUT2D eigenvalue weighted by Gasteiger charge is -2.06. The minimum atomic E-state index is -3.55. The summed E-state index contributed by atoms with van der Waals surface area (Å²) in [7, 11) is 0. The Morgan fingerprint density at radius 1 is 1.15 bits per heavy atom. The zero-order valence-electron chi connectivity index (χ0n) is 6.08. The van der Waals surface area contributed by atoms with Gasteiger partial charge in [0, 0.05) is 6.08 Å². The summed E-state index contributed by atoms with van der Waals surface area (Å²) in [6.07, 6.45) is -6.74. The SMILES string of the molecule is O=C(O)/C=C(\C(=O)O)C(F)C(F)F. The highest BCUT2D eigenvalue weighted by atomic mass is 19.3. The summed E-state index contributed by atoms with van der Waals surface area (Å²) in [4.78, 5) is 20.0. The van der Waals surface area contributed by atoms with Gasteiger partial charge in [-0.15, -0.1) is 0 Å². The summed E-state index contributed by atoms with van der Waals surface area (Å²) in [5.41, 5.74) is -1.47. The number of alkyl halides is 3. The Hall–Kier alpha value is -1.53. The predicted octanol–water partition coefficient (Wildman–Crippen LogP) is 0.685. The van der Waals surface area contributed by atoms with Gasteiger partial charge in [-0.05, 0) is 0 Å². The molecule has 1 unspecified atom stereocenters. The van der Waals surface area contributed by atoms with E-state index in [1.54, 1.807) is 0 Å². The summed E-state index contributed by atoms with van der Waals surface area (Å²) >= 11 is 0. The lowest BCUT2D eigenvalue weighted by molar-refractivity contribution is -0.136. The van der Waals surface area contributed by atoms with Crippen LogP contribution < -0.4 is 0 Å². The van der Waals surface area contributed by atoms with Gasteiger partial charge in [0.25, 0.3) is 6.43 Å². The van der Waals surface area contributed by atoms with Crippen LogP contribution in [0.4, 0.5) is 13.2 Å². The van der Waals surface area contributed by atoms with Gasteiger partial charge in [0.15, 0.2) is 6.17 Å². The Balaban J connectivity index is 4.82. The fourth-order valence-corrected chi connectivity index (χ4v) is 0.528. The van der Waals surface area contributed by atoms with Crippen molar-refractivity contribution in [3.8, 4) is 0 Å². The summed E-state index contributed by atoms with van der Waals surface area (Å²) < 4.78 is 35.6. The van der Waals surface area contributed by atoms with E-state index < -0.39 is 30.1 Å². The van der Waals surface area contributed by atoms with Crippen LogP contribution in [0.25, 0.3) is 0 Å². The summed E-state index contributed by atoms with van der Waals surface area (Å²) in [6.45, 7) is 0. The van der Waals surface area contributed by atoms with Gasteiger partial charge in [-0.3, -0.25) is 0 Å². The fourth-order valence-electron chi connectivity index (χ4n) is 0.528. The predicted molar refractivity (Wildman–Crippen MR) is 34.3 cm³/mol. The van der Waals surface area contributed by atoms with Gasteiger partial charge in [0.05, 0.1) is 5.57 Å². The number of hydrogen-bond acceptors (Lipinski definition) is 2. The molecule has 4 nitrogen and oxygen atoms in total. The third kappa shape index (κ3) is 3.59. The zero-order valence-corrected chi connectivity index (χ0v) is 6.08. The van der Waals surface area contributed by atoms with E-state index in [1.807, 2.05) is 0 Å². The maximum Gasteiger partial charge on any atom is 0.335 e. The van der Waals surface area contributed by atoms with Crippen molar-refractivity contribution in [1.82, 2.24) is 0 Å². The van der Waals surface area contributed by atoms with Gasteiger partial charge >= 0.3 is 11.9 Å². The first kappa shape index (κ1) is 11.5. The number of carboxylic acids is 2. The van der Waals surface area contributed by atoms with Crippen molar-refractivity contribution in [2.24, 2.45) is 0 Å². The van der Waals surface area contributed by atoms with Crippen LogP contribution in [0.15, 0.2) is 11.6 Å². The van der Waals surface area contributed by atoms with E-state index >= 15 is 0 Å². The minimum Gasteiger partial charge on any atom is -0.478 e. The minimum absolute atomic E-state index is 0.0981. The third-order valence-electron chi connectivity index (χ3n) is 1.04. The van der Waals surface area contributed by atoms with Gasteiger partial charge < -0.3 is 10.2 Å². The lowest BCUT2D eigenvalue weighted by Crippen LogP contribution is -2.22. The van der Waals surface area contributed by atoms with E-state index in [-0.39, 0.29) is 6.08 Å². The molecule has 0 aliphatic carbocycles. The van der Waals surface area contributed by atoms with Gasteiger partial charge in [-0.2, -0.15) is 0 Å². The molecule has 7 heteroatoms. The molecule has 0 radical (unpaired) electrons. The molecule has 0 rings (SSSR count). The largest absolute Gasteiger partial charge is 0.478 e. The highest BCUT2D eigenvalue weighted by molar-refractivity contribution is 5.95. The molecule has 0 amide bonds. The Morgan fingerprint density at radius 3 is 1.85 bits per heavy atom. The summed E-state index contributed by atoms with van der Waals surface area (Å²) in [5, 5.41) is 16.1. The highest BCUT2D eigenvalue weighted by Crippen LogP contribution is 2.15. The van der Waals surface area contributed by atoms with Crippen molar-refractivity contribution in [3.05, 3.63) is 11.6 Å². The van der Waals surface area contributed by atoms with Crippen molar-refractivity contribution in [1.29, 1.82) is 0 Å². The Kier molecular flexibility index (Phi) is 3.96. The maximum atomic E-state index is 12.3. The van der Waals surface area contributed by atoms with E-state index in [2.05, 4.69) is 0 Å². The molecule has 74 valence electrons. The monoisotopic (exact) mass is 198 g/mol. The molecule has 0 spiro atoms. The number of aliphatic carboxylic acids is 2. The van der Waals surface area contributed by atoms with Gasteiger partial charge in [0.1, 0.15) is 0 Å². The molecule has 0 bridgehead atoms. The van der Waals surface area contributed by atoms with E-state index in [4.69, 9.17) is 10.2 Å². The molecule has 1 atom stereocenters. The average Bonchev–Trinajstić information content (AvgIpc) is 1.97. The second kappa shape index (κ2) is 4.48. The average molecular weight is 198 g/mol. The van der Waals surface area contributed by atoms with Crippen LogP contribution in [0.5, 0.6) is 0 Å². The van der Waals surface area contributed by atoms with Crippen LogP contribution in [0.3, 0.4) is 0 Å². The van der Waals surface area contributed by atoms with Gasteiger partial charge in [0.2, 0.25) is 0 Å². The molecule has 0 saturated heterocycles. The molecule has 0 aromatic carbocycles. The molecule has 0 aliphatic heterocycles. The van der Waals surface area contributed by atoms with Crippen LogP contribution in [0, 0.1) is 0 Å². The molecule has 0 aromatic heterocycles. The number of halogens is 3. The summed E-state index contributed by atoms with van der Waals surface area (Å²) in [5.74, 6) is -3.81. The van der Waals surface area contributed by atoms with Crippen LogP contribution in [-0.2, 0) is 9.59 Å². The van der Waals surface area contributed by atoms with Crippen LogP contribution in [0.1, 0.15) is 0 Å².